The molecule has 0 aliphatic rings. The minimum atomic E-state index is -0.906. The van der Waals surface area contributed by atoms with E-state index in [9.17, 15) is 8.78 Å². The van der Waals surface area contributed by atoms with Gasteiger partial charge in [-0.2, -0.15) is 5.10 Å². The molecule has 2 aromatic heterocycles. The van der Waals surface area contributed by atoms with E-state index in [0.717, 1.165) is 17.6 Å². The van der Waals surface area contributed by atoms with E-state index in [1.54, 1.807) is 16.8 Å². The van der Waals surface area contributed by atoms with E-state index >= 15 is 0 Å². The van der Waals surface area contributed by atoms with Gasteiger partial charge in [-0.3, -0.25) is 0 Å². The first kappa shape index (κ1) is 11.3. The van der Waals surface area contributed by atoms with Crippen molar-refractivity contribution in [2.24, 2.45) is 0 Å². The summed E-state index contributed by atoms with van der Waals surface area (Å²) in [7, 11) is 0. The summed E-state index contributed by atoms with van der Waals surface area (Å²) in [5.74, 6) is -1.33. The summed E-state index contributed by atoms with van der Waals surface area (Å²) in [6.45, 7) is 0. The zero-order valence-corrected chi connectivity index (χ0v) is 10.5. The number of rotatable bonds is 1. The number of hydrogen-bond acceptors (Lipinski definition) is 2. The van der Waals surface area contributed by atoms with Crippen LogP contribution in [0.25, 0.3) is 16.9 Å². The first-order valence-electron chi connectivity index (χ1n) is 5.11. The molecule has 0 saturated heterocycles. The van der Waals surface area contributed by atoms with Gasteiger partial charge in [0.1, 0.15) is 4.60 Å². The minimum Gasteiger partial charge on any atom is -0.219 e. The number of hydrogen-bond donors (Lipinski definition) is 0. The molecule has 6 heteroatoms. The molecule has 0 aliphatic heterocycles. The Morgan fingerprint density at radius 1 is 1.11 bits per heavy atom. The highest BCUT2D eigenvalue weighted by atomic mass is 79.9. The number of benzene rings is 1. The van der Waals surface area contributed by atoms with Gasteiger partial charge >= 0.3 is 0 Å². The first-order chi connectivity index (χ1) is 8.66. The number of halogens is 3. The van der Waals surface area contributed by atoms with Crippen molar-refractivity contribution in [1.29, 1.82) is 0 Å². The third-order valence-electron chi connectivity index (χ3n) is 2.54. The molecule has 0 atom stereocenters. The Hall–Kier alpha value is -1.82. The third-order valence-corrected chi connectivity index (χ3v) is 3.13. The van der Waals surface area contributed by atoms with E-state index in [1.807, 2.05) is 6.07 Å². The summed E-state index contributed by atoms with van der Waals surface area (Å²) in [4.78, 5) is 4.26. The second-order valence-corrected chi connectivity index (χ2v) is 4.43. The molecular formula is C12H6BrF2N3. The molecule has 3 rings (SSSR count). The van der Waals surface area contributed by atoms with Crippen molar-refractivity contribution in [3.63, 3.8) is 0 Å². The lowest BCUT2D eigenvalue weighted by Gasteiger charge is -2.00. The number of imidazole rings is 1. The van der Waals surface area contributed by atoms with Crippen LogP contribution >= 0.6 is 15.9 Å². The Morgan fingerprint density at radius 3 is 2.72 bits per heavy atom. The van der Waals surface area contributed by atoms with E-state index in [4.69, 9.17) is 0 Å². The van der Waals surface area contributed by atoms with Gasteiger partial charge in [0, 0.05) is 11.8 Å². The number of fused-ring (bicyclic) bond motifs is 1. The van der Waals surface area contributed by atoms with Crippen LogP contribution in [-0.4, -0.2) is 14.6 Å². The van der Waals surface area contributed by atoms with Gasteiger partial charge in [0.15, 0.2) is 17.5 Å². The zero-order valence-electron chi connectivity index (χ0n) is 8.94. The average molecular weight is 310 g/mol. The van der Waals surface area contributed by atoms with Crippen molar-refractivity contribution < 1.29 is 8.78 Å². The van der Waals surface area contributed by atoms with Crippen molar-refractivity contribution in [1.82, 2.24) is 14.6 Å². The molecular weight excluding hydrogens is 304 g/mol. The van der Waals surface area contributed by atoms with Crippen LogP contribution in [0, 0.1) is 11.6 Å². The Kier molecular flexibility index (Phi) is 2.59. The Bertz CT molecular complexity index is 739. The van der Waals surface area contributed by atoms with Crippen molar-refractivity contribution in [2.75, 3.05) is 0 Å². The molecule has 0 spiro atoms. The Morgan fingerprint density at radius 2 is 1.94 bits per heavy atom. The van der Waals surface area contributed by atoms with Gasteiger partial charge in [-0.15, -0.1) is 0 Å². The molecule has 0 fully saturated rings. The minimum absolute atomic E-state index is 0.455. The lowest BCUT2D eigenvalue weighted by atomic mass is 10.2. The molecule has 0 unspecified atom stereocenters. The lowest BCUT2D eigenvalue weighted by molar-refractivity contribution is 0.509. The predicted octanol–water partition coefficient (Wildman–Crippen LogP) is 3.44. The Labute approximate surface area is 109 Å². The van der Waals surface area contributed by atoms with Crippen molar-refractivity contribution in [2.45, 2.75) is 0 Å². The van der Waals surface area contributed by atoms with E-state index in [2.05, 4.69) is 26.0 Å². The number of aromatic nitrogens is 3. The van der Waals surface area contributed by atoms with Crippen molar-refractivity contribution in [3.05, 3.63) is 52.8 Å². The van der Waals surface area contributed by atoms with Gasteiger partial charge in [-0.05, 0) is 46.3 Å². The highest BCUT2D eigenvalue weighted by molar-refractivity contribution is 9.10. The maximum absolute atomic E-state index is 13.2. The molecule has 90 valence electrons. The van der Waals surface area contributed by atoms with Gasteiger partial charge in [-0.1, -0.05) is 0 Å². The summed E-state index contributed by atoms with van der Waals surface area (Å²) in [6, 6.07) is 7.24. The molecule has 0 radical (unpaired) electrons. The SMILES string of the molecule is Fc1ccc(-c2nc(Br)c3cccnn23)cc1F. The average Bonchev–Trinajstić information content (AvgIpc) is 2.71. The second-order valence-electron chi connectivity index (χ2n) is 3.68. The van der Waals surface area contributed by atoms with E-state index in [-0.39, 0.29) is 0 Å². The molecule has 0 amide bonds. The monoisotopic (exact) mass is 309 g/mol. The predicted molar refractivity (Wildman–Crippen MR) is 66.0 cm³/mol. The first-order valence-corrected chi connectivity index (χ1v) is 5.91. The largest absolute Gasteiger partial charge is 0.219 e. The fraction of sp³-hybridized carbons (Fsp3) is 0. The van der Waals surface area contributed by atoms with Gasteiger partial charge in [0.25, 0.3) is 0 Å². The van der Waals surface area contributed by atoms with Gasteiger partial charge in [0.05, 0.1) is 5.52 Å². The van der Waals surface area contributed by atoms with Crippen molar-refractivity contribution >= 4 is 21.4 Å². The molecule has 2 heterocycles. The van der Waals surface area contributed by atoms with Crippen LogP contribution in [-0.2, 0) is 0 Å². The normalized spacial score (nSPS) is 11.1. The highest BCUT2D eigenvalue weighted by Gasteiger charge is 2.13. The van der Waals surface area contributed by atoms with E-state index in [1.165, 1.54) is 6.07 Å². The summed E-state index contributed by atoms with van der Waals surface area (Å²) >= 11 is 3.31. The van der Waals surface area contributed by atoms with Crippen LogP contribution in [0.15, 0.2) is 41.1 Å². The molecule has 1 aromatic carbocycles. The number of nitrogens with zero attached hydrogens (tertiary/aromatic N) is 3. The van der Waals surface area contributed by atoms with Crippen LogP contribution in [0.1, 0.15) is 0 Å². The van der Waals surface area contributed by atoms with Gasteiger partial charge in [-0.25, -0.2) is 18.3 Å². The molecule has 0 N–H and O–H groups in total. The van der Waals surface area contributed by atoms with Crippen LogP contribution in [0.3, 0.4) is 0 Å². The molecule has 0 bridgehead atoms. The summed E-state index contributed by atoms with van der Waals surface area (Å²) < 4.78 is 28.3. The maximum Gasteiger partial charge on any atom is 0.162 e. The highest BCUT2D eigenvalue weighted by Crippen LogP contribution is 2.25. The summed E-state index contributed by atoms with van der Waals surface area (Å²) in [5.41, 5.74) is 1.23. The van der Waals surface area contributed by atoms with E-state index < -0.39 is 11.6 Å². The lowest BCUT2D eigenvalue weighted by Crippen LogP contribution is -1.94. The fourth-order valence-electron chi connectivity index (χ4n) is 1.72. The smallest absolute Gasteiger partial charge is 0.162 e. The standard InChI is InChI=1S/C12H6BrF2N3/c13-11-10-2-1-5-16-18(10)12(17-11)7-3-4-8(14)9(15)6-7/h1-6H. The second kappa shape index (κ2) is 4.13. The van der Waals surface area contributed by atoms with Crippen LogP contribution in [0.5, 0.6) is 0 Å². The molecule has 3 aromatic rings. The van der Waals surface area contributed by atoms with Crippen LogP contribution in [0.4, 0.5) is 8.78 Å². The van der Waals surface area contributed by atoms with E-state index in [0.29, 0.717) is 16.0 Å². The Balaban J connectivity index is 2.28. The fourth-order valence-corrected chi connectivity index (χ4v) is 2.18. The third kappa shape index (κ3) is 1.69. The van der Waals surface area contributed by atoms with Gasteiger partial charge < -0.3 is 0 Å². The van der Waals surface area contributed by atoms with Gasteiger partial charge in [0.2, 0.25) is 0 Å². The van der Waals surface area contributed by atoms with Crippen molar-refractivity contribution in [3.8, 4) is 11.4 Å². The maximum atomic E-state index is 13.2. The molecule has 3 nitrogen and oxygen atoms in total. The zero-order chi connectivity index (χ0) is 12.7. The molecule has 18 heavy (non-hydrogen) atoms. The molecule has 0 saturated carbocycles. The summed E-state index contributed by atoms with van der Waals surface area (Å²) in [6.07, 6.45) is 1.60. The topological polar surface area (TPSA) is 30.2 Å². The van der Waals surface area contributed by atoms with Crippen LogP contribution in [0.2, 0.25) is 0 Å². The molecule has 0 aliphatic carbocycles. The van der Waals surface area contributed by atoms with Crippen LogP contribution < -0.4 is 0 Å². The quantitative estimate of drug-likeness (QED) is 0.689. The summed E-state index contributed by atoms with van der Waals surface area (Å²) in [5, 5.41) is 4.14.